The first-order valence-electron chi connectivity index (χ1n) is 11.6. The van der Waals surface area contributed by atoms with Crippen molar-refractivity contribution in [2.45, 2.75) is 50.8 Å². The number of hydrogen-bond donors (Lipinski definition) is 2. The molecule has 0 saturated carbocycles. The summed E-state index contributed by atoms with van der Waals surface area (Å²) in [7, 11) is 0. The minimum atomic E-state index is -0.508. The molecular formula is C24H27N7O3S. The van der Waals surface area contributed by atoms with E-state index in [4.69, 9.17) is 5.26 Å². The molecule has 35 heavy (non-hydrogen) atoms. The summed E-state index contributed by atoms with van der Waals surface area (Å²) >= 11 is 1.37. The second-order valence-corrected chi connectivity index (χ2v) is 9.64. The van der Waals surface area contributed by atoms with Crippen molar-refractivity contribution in [3.63, 3.8) is 0 Å². The number of amidine groups is 1. The molecule has 3 amide bonds. The number of aryl methyl sites for hydroxylation is 2. The molecule has 0 bridgehead atoms. The predicted octanol–water partition coefficient (Wildman–Crippen LogP) is 3.17. The Balaban J connectivity index is 1.29. The maximum absolute atomic E-state index is 12.6. The lowest BCUT2D eigenvalue weighted by Gasteiger charge is -2.27. The topological polar surface area (TPSA) is 132 Å². The number of thioether (sulfide) groups is 1. The Hall–Kier alpha value is -3.65. The molecule has 3 heterocycles. The van der Waals surface area contributed by atoms with E-state index >= 15 is 0 Å². The molecule has 1 aromatic heterocycles. The van der Waals surface area contributed by atoms with Crippen LogP contribution in [0, 0.1) is 18.3 Å². The number of carbonyl (C=O) groups is 3. The lowest BCUT2D eigenvalue weighted by atomic mass is 10.1. The molecule has 10 nitrogen and oxygen atoms in total. The second kappa shape index (κ2) is 11.2. The molecule has 2 aromatic rings. The smallest absolute Gasteiger partial charge is 0.262 e. The molecule has 1 atom stereocenters. The molecule has 2 N–H and O–H groups in total. The van der Waals surface area contributed by atoms with E-state index in [-0.39, 0.29) is 30.6 Å². The maximum Gasteiger partial charge on any atom is 0.262 e. The van der Waals surface area contributed by atoms with Crippen LogP contribution < -0.4 is 10.6 Å². The first-order valence-corrected chi connectivity index (χ1v) is 12.5. The molecule has 0 spiro atoms. The highest BCUT2D eigenvalue weighted by Gasteiger charge is 2.33. The van der Waals surface area contributed by atoms with Crippen molar-refractivity contribution < 1.29 is 14.4 Å². The number of benzene rings is 1. The third-order valence-electron chi connectivity index (χ3n) is 5.74. The number of nitriles is 1. The first kappa shape index (κ1) is 24.5. The van der Waals surface area contributed by atoms with Gasteiger partial charge in [-0.2, -0.15) is 15.4 Å². The molecule has 1 unspecified atom stereocenters. The largest absolute Gasteiger partial charge is 0.351 e. The van der Waals surface area contributed by atoms with Crippen LogP contribution in [0.15, 0.2) is 35.3 Å². The van der Waals surface area contributed by atoms with E-state index < -0.39 is 5.25 Å². The Kier molecular flexibility index (Phi) is 7.82. The number of piperidine rings is 1. The van der Waals surface area contributed by atoms with Gasteiger partial charge < -0.3 is 15.5 Å². The van der Waals surface area contributed by atoms with Gasteiger partial charge in [0.1, 0.15) is 11.1 Å². The van der Waals surface area contributed by atoms with Crippen LogP contribution in [0.25, 0.3) is 0 Å². The highest BCUT2D eigenvalue weighted by Crippen LogP contribution is 2.29. The van der Waals surface area contributed by atoms with E-state index in [1.807, 2.05) is 6.92 Å². The molecule has 11 heteroatoms. The zero-order chi connectivity index (χ0) is 24.8. The van der Waals surface area contributed by atoms with Crippen LogP contribution in [-0.4, -0.2) is 55.9 Å². The fraction of sp³-hybridized carbons (Fsp3) is 0.417. The van der Waals surface area contributed by atoms with Gasteiger partial charge in [-0.3, -0.25) is 14.4 Å². The summed E-state index contributed by atoms with van der Waals surface area (Å²) in [4.78, 5) is 43.8. The summed E-state index contributed by atoms with van der Waals surface area (Å²) in [5, 5.41) is 18.9. The number of nitrogens with zero attached hydrogens (tertiary/aromatic N) is 5. The summed E-state index contributed by atoms with van der Waals surface area (Å²) < 4.78 is 1.59. The summed E-state index contributed by atoms with van der Waals surface area (Å²) in [6, 6.07) is 10.3. The summed E-state index contributed by atoms with van der Waals surface area (Å²) in [5.74, 6) is -0.344. The molecule has 2 aliphatic rings. The summed E-state index contributed by atoms with van der Waals surface area (Å²) in [5.41, 5.74) is 1.69. The van der Waals surface area contributed by atoms with E-state index in [0.717, 1.165) is 36.8 Å². The van der Waals surface area contributed by atoms with E-state index in [1.54, 1.807) is 35.0 Å². The molecule has 182 valence electrons. The van der Waals surface area contributed by atoms with Gasteiger partial charge >= 0.3 is 0 Å². The SMILES string of the molecule is Cc1cc(NC(=O)c2ccc(NC(=O)CC3SC(N4CCCCC4)=NC3=O)cc2)n(CCC#N)n1. The van der Waals surface area contributed by atoms with Gasteiger partial charge in [-0.15, -0.1) is 0 Å². The van der Waals surface area contributed by atoms with E-state index in [9.17, 15) is 14.4 Å². The number of anilines is 2. The van der Waals surface area contributed by atoms with Crippen LogP contribution in [0.5, 0.6) is 0 Å². The van der Waals surface area contributed by atoms with Crippen molar-refractivity contribution in [1.29, 1.82) is 5.26 Å². The average molecular weight is 494 g/mol. The lowest BCUT2D eigenvalue weighted by molar-refractivity contribution is -0.121. The molecule has 0 radical (unpaired) electrons. The van der Waals surface area contributed by atoms with Gasteiger partial charge in [-0.25, -0.2) is 4.68 Å². The third-order valence-corrected chi connectivity index (χ3v) is 6.95. The molecule has 1 fully saturated rings. The number of amides is 3. The van der Waals surface area contributed by atoms with Crippen molar-refractivity contribution in [3.8, 4) is 6.07 Å². The maximum atomic E-state index is 12.6. The standard InChI is InChI=1S/C24H27N7O3S/c1-16-14-20(31(29-16)13-5-10-25)27-22(33)17-6-8-18(9-7-17)26-21(32)15-19-23(34)28-24(35-19)30-11-3-2-4-12-30/h6-9,14,19H,2-5,11-13,15H2,1H3,(H,26,32)(H,27,33). The van der Waals surface area contributed by atoms with Crippen LogP contribution in [0.2, 0.25) is 0 Å². The Bertz CT molecular complexity index is 1180. The molecule has 1 aromatic carbocycles. The van der Waals surface area contributed by atoms with Crippen LogP contribution in [-0.2, 0) is 16.1 Å². The van der Waals surface area contributed by atoms with E-state index in [2.05, 4.69) is 31.7 Å². The molecule has 2 aliphatic heterocycles. The lowest BCUT2D eigenvalue weighted by Crippen LogP contribution is -2.33. The predicted molar refractivity (Wildman–Crippen MR) is 134 cm³/mol. The van der Waals surface area contributed by atoms with Crippen LogP contribution >= 0.6 is 11.8 Å². The quantitative estimate of drug-likeness (QED) is 0.605. The van der Waals surface area contributed by atoms with Crippen molar-refractivity contribution in [3.05, 3.63) is 41.6 Å². The zero-order valence-corrected chi connectivity index (χ0v) is 20.3. The van der Waals surface area contributed by atoms with Crippen LogP contribution in [0.4, 0.5) is 11.5 Å². The third kappa shape index (κ3) is 6.27. The average Bonchev–Trinajstić information content (AvgIpc) is 3.39. The zero-order valence-electron chi connectivity index (χ0n) is 19.5. The van der Waals surface area contributed by atoms with Gasteiger partial charge in [0.05, 0.1) is 24.7 Å². The van der Waals surface area contributed by atoms with Crippen molar-refractivity contribution in [2.24, 2.45) is 4.99 Å². The highest BCUT2D eigenvalue weighted by atomic mass is 32.2. The fourth-order valence-electron chi connectivity index (χ4n) is 3.98. The number of likely N-dealkylation sites (tertiary alicyclic amines) is 1. The fourth-order valence-corrected chi connectivity index (χ4v) is 5.09. The number of hydrogen-bond acceptors (Lipinski definition) is 7. The van der Waals surface area contributed by atoms with Gasteiger partial charge in [0.25, 0.3) is 11.8 Å². The highest BCUT2D eigenvalue weighted by molar-refractivity contribution is 8.15. The monoisotopic (exact) mass is 493 g/mol. The second-order valence-electron chi connectivity index (χ2n) is 8.47. The molecule has 1 saturated heterocycles. The van der Waals surface area contributed by atoms with Crippen molar-refractivity contribution in [2.75, 3.05) is 23.7 Å². The minimum absolute atomic E-state index is 0.0403. The van der Waals surface area contributed by atoms with E-state index in [1.165, 1.54) is 18.2 Å². The van der Waals surface area contributed by atoms with Gasteiger partial charge in [0.2, 0.25) is 5.91 Å². The van der Waals surface area contributed by atoms with Crippen LogP contribution in [0.1, 0.15) is 48.2 Å². The molecular weight excluding hydrogens is 466 g/mol. The van der Waals surface area contributed by atoms with E-state index in [0.29, 0.717) is 23.6 Å². The van der Waals surface area contributed by atoms with Gasteiger partial charge in [0.15, 0.2) is 5.17 Å². The molecule has 4 rings (SSSR count). The van der Waals surface area contributed by atoms with Crippen molar-refractivity contribution in [1.82, 2.24) is 14.7 Å². The Labute approximate surface area is 207 Å². The van der Waals surface area contributed by atoms with Crippen molar-refractivity contribution >= 4 is 46.2 Å². The Morgan fingerprint density at radius 3 is 2.63 bits per heavy atom. The first-order chi connectivity index (χ1) is 16.9. The molecule has 0 aliphatic carbocycles. The summed E-state index contributed by atoms with van der Waals surface area (Å²) in [6.07, 6.45) is 3.71. The minimum Gasteiger partial charge on any atom is -0.351 e. The number of carbonyl (C=O) groups excluding carboxylic acids is 3. The van der Waals surface area contributed by atoms with Gasteiger partial charge in [-0.1, -0.05) is 11.8 Å². The number of aliphatic imine (C=N–C) groups is 1. The summed E-state index contributed by atoms with van der Waals surface area (Å²) in [6.45, 7) is 4.01. The number of nitrogens with one attached hydrogen (secondary N) is 2. The number of aromatic nitrogens is 2. The van der Waals surface area contributed by atoms with Gasteiger partial charge in [-0.05, 0) is 50.5 Å². The van der Waals surface area contributed by atoms with Crippen LogP contribution in [0.3, 0.4) is 0 Å². The normalized spacial score (nSPS) is 17.6. The van der Waals surface area contributed by atoms with Gasteiger partial charge in [0, 0.05) is 36.8 Å². The Morgan fingerprint density at radius 2 is 1.91 bits per heavy atom. The Morgan fingerprint density at radius 1 is 1.17 bits per heavy atom. The number of rotatable bonds is 7.